The smallest absolute Gasteiger partial charge is 0.256 e. The van der Waals surface area contributed by atoms with Crippen LogP contribution < -0.4 is 10.0 Å². The molecule has 2 N–H and O–H groups in total. The van der Waals surface area contributed by atoms with E-state index in [4.69, 9.17) is 0 Å². The van der Waals surface area contributed by atoms with Crippen molar-refractivity contribution in [2.75, 3.05) is 51.6 Å². The molecule has 200 valence electrons. The Morgan fingerprint density at radius 3 is 2.45 bits per heavy atom. The molecule has 0 saturated carbocycles. The summed E-state index contributed by atoms with van der Waals surface area (Å²) in [5.41, 5.74) is 6.11. The second-order valence-electron chi connectivity index (χ2n) is 10.6. The number of nitrogens with one attached hydrogen (secondary N) is 2. The number of sulfonamides is 1. The number of amides is 1. The highest BCUT2D eigenvalue weighted by Gasteiger charge is 2.28. The number of anilines is 1. The Balaban J connectivity index is 1.36. The highest BCUT2D eigenvalue weighted by molar-refractivity contribution is 7.89. The van der Waals surface area contributed by atoms with Crippen molar-refractivity contribution in [1.82, 2.24) is 14.5 Å². The summed E-state index contributed by atoms with van der Waals surface area (Å²) < 4.78 is 29.0. The first kappa shape index (κ1) is 26.6. The summed E-state index contributed by atoms with van der Waals surface area (Å²) in [4.78, 5) is 17.8. The van der Waals surface area contributed by atoms with E-state index in [1.165, 1.54) is 5.56 Å². The van der Waals surface area contributed by atoms with Crippen molar-refractivity contribution in [3.63, 3.8) is 0 Å². The van der Waals surface area contributed by atoms with Crippen LogP contribution in [0, 0.1) is 0 Å². The lowest BCUT2D eigenvalue weighted by molar-refractivity contribution is -0.110. The molecule has 0 radical (unpaired) electrons. The van der Waals surface area contributed by atoms with Gasteiger partial charge in [0, 0.05) is 49.5 Å². The number of nitrogens with zero attached hydrogens (tertiary/aromatic N) is 2. The molecule has 7 nitrogen and oxygen atoms in total. The van der Waals surface area contributed by atoms with Gasteiger partial charge in [-0.05, 0) is 72.5 Å². The third kappa shape index (κ3) is 5.54. The molecule has 2 aliphatic heterocycles. The predicted octanol–water partition coefficient (Wildman–Crippen LogP) is 4.32. The highest BCUT2D eigenvalue weighted by atomic mass is 32.2. The Morgan fingerprint density at radius 2 is 1.71 bits per heavy atom. The number of benzene rings is 1. The molecule has 5 rings (SSSR count). The van der Waals surface area contributed by atoms with Crippen molar-refractivity contribution in [3.05, 3.63) is 71.3 Å². The lowest BCUT2D eigenvalue weighted by atomic mass is 10.00. The molecule has 0 atom stereocenters. The normalized spacial score (nSPS) is 17.9. The molecule has 2 aliphatic carbocycles. The first-order valence-electron chi connectivity index (χ1n) is 13.3. The van der Waals surface area contributed by atoms with Gasteiger partial charge in [-0.1, -0.05) is 50.2 Å². The minimum absolute atomic E-state index is 0.167. The van der Waals surface area contributed by atoms with Gasteiger partial charge in [0.25, 0.3) is 5.91 Å². The van der Waals surface area contributed by atoms with Crippen LogP contribution in [0.15, 0.2) is 59.5 Å². The average Bonchev–Trinajstić information content (AvgIpc) is 3.27. The van der Waals surface area contributed by atoms with Gasteiger partial charge < -0.3 is 15.1 Å². The largest absolute Gasteiger partial charge is 0.321 e. The van der Waals surface area contributed by atoms with Crippen LogP contribution in [0.3, 0.4) is 0 Å². The number of likely N-dealkylation sites (N-methyl/N-ethyl adjacent to an activating group) is 1. The Hall–Kier alpha value is -3.04. The third-order valence-corrected chi connectivity index (χ3v) is 8.98. The number of carbonyl (C=O) groups is 1. The molecular weight excluding hydrogens is 496 g/mol. The van der Waals surface area contributed by atoms with Crippen LogP contribution in [0.5, 0.6) is 0 Å². The lowest BCUT2D eigenvalue weighted by Gasteiger charge is -2.32. The topological polar surface area (TPSA) is 81.7 Å². The van der Waals surface area contributed by atoms with Crippen molar-refractivity contribution in [1.29, 1.82) is 0 Å². The molecule has 0 aromatic heterocycles. The fourth-order valence-electron chi connectivity index (χ4n) is 5.27. The van der Waals surface area contributed by atoms with Crippen LogP contribution >= 0.6 is 0 Å². The van der Waals surface area contributed by atoms with Gasteiger partial charge in [0.05, 0.1) is 4.90 Å². The monoisotopic (exact) mass is 532 g/mol. The van der Waals surface area contributed by atoms with Gasteiger partial charge in [0.2, 0.25) is 10.0 Å². The molecule has 1 aromatic carbocycles. The standard InChI is InChI=1S/C30H36N4O3S/c1-21(2)26-18-22(24-8-5-4-6-9-25(24)26)19-28-27-20-23(10-11-29(27)32-30(28)35)38(36,37)31-12-7-13-34-16-14-33(3)15-17-34/h4-6,8-11,18-21,31H,7,12-17H2,1-3H3,(H,32,35). The second-order valence-corrected chi connectivity index (χ2v) is 12.3. The molecule has 0 unspecified atom stereocenters. The van der Waals surface area contributed by atoms with Gasteiger partial charge in [-0.2, -0.15) is 0 Å². The summed E-state index contributed by atoms with van der Waals surface area (Å²) in [6.07, 6.45) is 2.63. The summed E-state index contributed by atoms with van der Waals surface area (Å²) in [5.74, 6) is 0.103. The molecule has 4 aliphatic rings. The Bertz CT molecular complexity index is 1440. The molecule has 8 heteroatoms. The van der Waals surface area contributed by atoms with Gasteiger partial charge >= 0.3 is 0 Å². The Labute approximate surface area is 225 Å². The van der Waals surface area contributed by atoms with E-state index >= 15 is 0 Å². The molecule has 0 spiro atoms. The zero-order chi connectivity index (χ0) is 26.9. The van der Waals surface area contributed by atoms with Gasteiger partial charge in [-0.15, -0.1) is 0 Å². The zero-order valence-electron chi connectivity index (χ0n) is 22.3. The highest BCUT2D eigenvalue weighted by Crippen LogP contribution is 2.40. The van der Waals surface area contributed by atoms with E-state index in [9.17, 15) is 13.2 Å². The number of hydrogen-bond donors (Lipinski definition) is 2. The number of carbonyl (C=O) groups excluding carboxylic acids is 1. The molecular formula is C30H36N4O3S. The SMILES string of the molecule is CC(C)c1cc(C=C2C(=O)Nc3ccc(S(=O)(=O)NCCCN4CCN(C)CC4)cc32)c2cccccc1-2. The van der Waals surface area contributed by atoms with E-state index in [1.54, 1.807) is 18.2 Å². The molecule has 0 bridgehead atoms. The van der Waals surface area contributed by atoms with Crippen LogP contribution in [0.2, 0.25) is 0 Å². The fourth-order valence-corrected chi connectivity index (χ4v) is 6.37. The number of rotatable bonds is 8. The van der Waals surface area contributed by atoms with Crippen molar-refractivity contribution in [2.24, 2.45) is 0 Å². The molecule has 1 aromatic rings. The predicted molar refractivity (Wildman–Crippen MR) is 154 cm³/mol. The summed E-state index contributed by atoms with van der Waals surface area (Å²) in [5, 5.41) is 2.89. The number of hydrogen-bond acceptors (Lipinski definition) is 5. The van der Waals surface area contributed by atoms with Crippen LogP contribution in [0.25, 0.3) is 22.8 Å². The zero-order valence-corrected chi connectivity index (χ0v) is 23.1. The summed E-state index contributed by atoms with van der Waals surface area (Å²) in [7, 11) is -1.58. The first-order valence-corrected chi connectivity index (χ1v) is 14.8. The molecule has 1 saturated heterocycles. The van der Waals surface area contributed by atoms with Crippen LogP contribution in [-0.4, -0.2) is 70.4 Å². The maximum atomic E-state index is 13.1. The first-order chi connectivity index (χ1) is 18.2. The maximum Gasteiger partial charge on any atom is 0.256 e. The fraction of sp³-hybridized carbons (Fsp3) is 0.367. The third-order valence-electron chi connectivity index (χ3n) is 7.52. The van der Waals surface area contributed by atoms with Crippen molar-refractivity contribution >= 4 is 33.3 Å². The Kier molecular flexibility index (Phi) is 7.68. The Morgan fingerprint density at radius 1 is 0.974 bits per heavy atom. The van der Waals surface area contributed by atoms with E-state index in [0.29, 0.717) is 29.3 Å². The number of fused-ring (bicyclic) bond motifs is 2. The molecule has 1 amide bonds. The lowest BCUT2D eigenvalue weighted by Crippen LogP contribution is -2.45. The van der Waals surface area contributed by atoms with E-state index in [0.717, 1.165) is 55.8 Å². The summed E-state index contributed by atoms with van der Waals surface area (Å²) in [6.45, 7) is 9.68. The minimum Gasteiger partial charge on any atom is -0.321 e. The van der Waals surface area contributed by atoms with Crippen LogP contribution in [0.4, 0.5) is 5.69 Å². The van der Waals surface area contributed by atoms with Crippen LogP contribution in [0.1, 0.15) is 42.9 Å². The van der Waals surface area contributed by atoms with Gasteiger partial charge in [-0.25, -0.2) is 13.1 Å². The van der Waals surface area contributed by atoms with E-state index < -0.39 is 10.0 Å². The summed E-state index contributed by atoms with van der Waals surface area (Å²) in [6, 6.07) is 17.2. The molecule has 1 fully saturated rings. The maximum absolute atomic E-state index is 13.1. The van der Waals surface area contributed by atoms with E-state index in [-0.39, 0.29) is 10.8 Å². The van der Waals surface area contributed by atoms with Gasteiger partial charge in [0.1, 0.15) is 0 Å². The molecule has 2 heterocycles. The van der Waals surface area contributed by atoms with E-state index in [2.05, 4.69) is 58.9 Å². The van der Waals surface area contributed by atoms with Crippen molar-refractivity contribution in [2.45, 2.75) is 31.1 Å². The quantitative estimate of drug-likeness (QED) is 0.334. The molecule has 38 heavy (non-hydrogen) atoms. The van der Waals surface area contributed by atoms with Crippen molar-refractivity contribution in [3.8, 4) is 11.1 Å². The van der Waals surface area contributed by atoms with E-state index in [1.807, 2.05) is 24.3 Å². The van der Waals surface area contributed by atoms with Crippen molar-refractivity contribution < 1.29 is 13.2 Å². The minimum atomic E-state index is -3.70. The second kappa shape index (κ2) is 11.0. The average molecular weight is 533 g/mol. The van der Waals surface area contributed by atoms with Gasteiger partial charge in [0.15, 0.2) is 0 Å². The summed E-state index contributed by atoms with van der Waals surface area (Å²) >= 11 is 0. The van der Waals surface area contributed by atoms with Gasteiger partial charge in [-0.3, -0.25) is 4.79 Å². The number of piperazine rings is 1. The van der Waals surface area contributed by atoms with Crippen LogP contribution in [-0.2, 0) is 14.8 Å².